The van der Waals surface area contributed by atoms with Gasteiger partial charge in [0, 0.05) is 31.2 Å². The van der Waals surface area contributed by atoms with Gasteiger partial charge < -0.3 is 10.0 Å². The van der Waals surface area contributed by atoms with Crippen LogP contribution in [0, 0.1) is 16.7 Å². The summed E-state index contributed by atoms with van der Waals surface area (Å²) in [5, 5.41) is 9.62. The SMILES string of the molecule is O=C(CCCCCCC(=O)N1Cc2ccccc2C[C@H]1C(=O)O)NOCC12CCCC13CCCC32. The summed E-state index contributed by atoms with van der Waals surface area (Å²) in [6.07, 6.45) is 12.2. The van der Waals surface area contributed by atoms with Crippen molar-refractivity contribution in [2.45, 2.75) is 96.1 Å². The molecule has 3 fully saturated rings. The molecule has 1 aromatic carbocycles. The van der Waals surface area contributed by atoms with Gasteiger partial charge in [-0.3, -0.25) is 14.4 Å². The molecule has 0 saturated heterocycles. The smallest absolute Gasteiger partial charge is 0.326 e. The van der Waals surface area contributed by atoms with Crippen LogP contribution in [0.4, 0.5) is 0 Å². The van der Waals surface area contributed by atoms with E-state index >= 15 is 0 Å². The van der Waals surface area contributed by atoms with Crippen LogP contribution in [0.5, 0.6) is 0 Å². The molecule has 2 N–H and O–H groups in total. The lowest BCUT2D eigenvalue weighted by atomic mass is 9.92. The Morgan fingerprint density at radius 3 is 2.51 bits per heavy atom. The van der Waals surface area contributed by atoms with E-state index in [0.717, 1.165) is 36.3 Å². The monoisotopic (exact) mass is 482 g/mol. The van der Waals surface area contributed by atoms with Crippen LogP contribution in [0.25, 0.3) is 0 Å². The van der Waals surface area contributed by atoms with Crippen LogP contribution in [0.1, 0.15) is 88.2 Å². The molecule has 1 spiro atoms. The van der Waals surface area contributed by atoms with Gasteiger partial charge >= 0.3 is 5.97 Å². The minimum atomic E-state index is -0.950. The van der Waals surface area contributed by atoms with Crippen LogP contribution in [0.3, 0.4) is 0 Å². The van der Waals surface area contributed by atoms with Crippen LogP contribution in [0.2, 0.25) is 0 Å². The van der Waals surface area contributed by atoms with E-state index < -0.39 is 12.0 Å². The molecule has 35 heavy (non-hydrogen) atoms. The summed E-state index contributed by atoms with van der Waals surface area (Å²) in [6.45, 7) is 1.03. The summed E-state index contributed by atoms with van der Waals surface area (Å²) in [5.74, 6) is -0.291. The first-order valence-electron chi connectivity index (χ1n) is 13.5. The van der Waals surface area contributed by atoms with Crippen molar-refractivity contribution < 1.29 is 24.3 Å². The third-order valence-electron chi connectivity index (χ3n) is 9.52. The van der Waals surface area contributed by atoms with Crippen molar-refractivity contribution in [3.63, 3.8) is 0 Å². The molecule has 4 aliphatic rings. The topological polar surface area (TPSA) is 95.9 Å². The molecular weight excluding hydrogens is 444 g/mol. The summed E-state index contributed by atoms with van der Waals surface area (Å²) in [5.41, 5.74) is 5.59. The number of aliphatic carboxylic acids is 1. The third kappa shape index (κ3) is 4.48. The molecule has 0 aromatic heterocycles. The zero-order chi connectivity index (χ0) is 24.5. The van der Waals surface area contributed by atoms with Gasteiger partial charge in [0.05, 0.1) is 6.61 Å². The maximum Gasteiger partial charge on any atom is 0.326 e. The van der Waals surface area contributed by atoms with Crippen LogP contribution in [0.15, 0.2) is 24.3 Å². The number of unbranched alkanes of at least 4 members (excludes halogenated alkanes) is 3. The average molecular weight is 483 g/mol. The summed E-state index contributed by atoms with van der Waals surface area (Å²) in [7, 11) is 0. The minimum absolute atomic E-state index is 0.0633. The van der Waals surface area contributed by atoms with Crippen LogP contribution >= 0.6 is 0 Å². The van der Waals surface area contributed by atoms with Crippen molar-refractivity contribution in [3.05, 3.63) is 35.4 Å². The van der Waals surface area contributed by atoms with Crippen LogP contribution in [-0.4, -0.2) is 40.4 Å². The predicted molar refractivity (Wildman–Crippen MR) is 130 cm³/mol. The Hall–Kier alpha value is -2.41. The third-order valence-corrected chi connectivity index (χ3v) is 9.52. The van der Waals surface area contributed by atoms with Gasteiger partial charge in [-0.15, -0.1) is 0 Å². The standard InChI is InChI=1S/C28H38N2O5/c31-24(29-35-19-28-16-8-15-27(28)14-7-11-23(27)28)12-3-1-2-4-13-25(32)30-18-21-10-6-5-9-20(21)17-22(30)26(33)34/h5-6,9-10,22-23H,1-4,7-8,11-19H2,(H,29,31)(H,33,34)/t22-,23?,27?,28?/m0/s1. The number of nitrogens with one attached hydrogen (secondary N) is 1. The van der Waals surface area contributed by atoms with Gasteiger partial charge in [-0.25, -0.2) is 10.3 Å². The van der Waals surface area contributed by atoms with E-state index in [2.05, 4.69) is 5.48 Å². The molecule has 0 bridgehead atoms. The zero-order valence-electron chi connectivity index (χ0n) is 20.6. The number of amides is 2. The molecular formula is C28H38N2O5. The van der Waals surface area contributed by atoms with Crippen molar-refractivity contribution in [2.24, 2.45) is 16.7 Å². The number of nitrogens with zero attached hydrogens (tertiary/aromatic N) is 1. The molecule has 1 aliphatic heterocycles. The number of carboxylic acid groups (broad SMARTS) is 1. The van der Waals surface area contributed by atoms with E-state index in [-0.39, 0.29) is 11.8 Å². The maximum atomic E-state index is 12.8. The Morgan fingerprint density at radius 1 is 1.00 bits per heavy atom. The normalized spacial score (nSPS) is 30.3. The number of fused-ring (bicyclic) bond motifs is 2. The van der Waals surface area contributed by atoms with Gasteiger partial charge in [-0.1, -0.05) is 49.9 Å². The Labute approximate surface area is 207 Å². The largest absolute Gasteiger partial charge is 0.480 e. The first kappa shape index (κ1) is 24.3. The fourth-order valence-electron chi connectivity index (χ4n) is 7.81. The summed E-state index contributed by atoms with van der Waals surface area (Å²) >= 11 is 0. The fraction of sp³-hybridized carbons (Fsp3) is 0.679. The number of hydrogen-bond acceptors (Lipinski definition) is 4. The average Bonchev–Trinajstić information content (AvgIpc) is 3.21. The Bertz CT molecular complexity index is 976. The van der Waals surface area contributed by atoms with Crippen molar-refractivity contribution in [3.8, 4) is 0 Å². The Kier molecular flexibility index (Phi) is 6.88. The van der Waals surface area contributed by atoms with E-state index in [1.54, 1.807) is 0 Å². The molecule has 1 heterocycles. The molecule has 1 aromatic rings. The Morgan fingerprint density at radius 2 is 1.74 bits per heavy atom. The molecule has 0 radical (unpaired) electrons. The van der Waals surface area contributed by atoms with Crippen LogP contribution in [-0.2, 0) is 32.2 Å². The molecule has 3 saturated carbocycles. The molecule has 190 valence electrons. The number of carbonyl (C=O) groups is 3. The lowest BCUT2D eigenvalue weighted by molar-refractivity contribution is -0.151. The van der Waals surface area contributed by atoms with Crippen LogP contribution < -0.4 is 5.48 Å². The molecule has 5 rings (SSSR count). The molecule has 7 nitrogen and oxygen atoms in total. The van der Waals surface area contributed by atoms with Crippen molar-refractivity contribution >= 4 is 17.8 Å². The highest BCUT2D eigenvalue weighted by Gasteiger charge is 2.78. The predicted octanol–water partition coefficient (Wildman–Crippen LogP) is 4.38. The van der Waals surface area contributed by atoms with E-state index in [1.165, 1.54) is 43.4 Å². The highest BCUT2D eigenvalue weighted by molar-refractivity contribution is 5.84. The van der Waals surface area contributed by atoms with E-state index in [9.17, 15) is 19.5 Å². The van der Waals surface area contributed by atoms with Gasteiger partial charge in [-0.05, 0) is 61.0 Å². The quantitative estimate of drug-likeness (QED) is 0.360. The fourth-order valence-corrected chi connectivity index (χ4v) is 7.81. The number of hydroxylamine groups is 1. The second-order valence-corrected chi connectivity index (χ2v) is 11.2. The van der Waals surface area contributed by atoms with Crippen molar-refractivity contribution in [2.75, 3.05) is 6.61 Å². The van der Waals surface area contributed by atoms with Gasteiger partial charge in [0.1, 0.15) is 6.04 Å². The second kappa shape index (κ2) is 9.92. The number of hydrogen-bond donors (Lipinski definition) is 2. The lowest BCUT2D eigenvalue weighted by Crippen LogP contribution is -2.48. The van der Waals surface area contributed by atoms with E-state index in [4.69, 9.17) is 4.84 Å². The van der Waals surface area contributed by atoms with E-state index in [0.29, 0.717) is 49.7 Å². The number of rotatable bonds is 11. The molecule has 7 heteroatoms. The van der Waals surface area contributed by atoms with E-state index in [1.807, 2.05) is 24.3 Å². The van der Waals surface area contributed by atoms with Crippen molar-refractivity contribution in [1.82, 2.24) is 10.4 Å². The lowest BCUT2D eigenvalue weighted by Gasteiger charge is -2.34. The van der Waals surface area contributed by atoms with Crippen molar-refractivity contribution in [1.29, 1.82) is 0 Å². The molecule has 2 amide bonds. The first-order chi connectivity index (χ1) is 17.0. The number of carboxylic acids is 1. The van der Waals surface area contributed by atoms with Gasteiger partial charge in [0.2, 0.25) is 11.8 Å². The highest BCUT2D eigenvalue weighted by Crippen LogP contribution is 2.83. The first-order valence-corrected chi connectivity index (χ1v) is 13.5. The highest BCUT2D eigenvalue weighted by atomic mass is 16.7. The summed E-state index contributed by atoms with van der Waals surface area (Å²) < 4.78 is 0. The van der Waals surface area contributed by atoms with Gasteiger partial charge in [0.25, 0.3) is 0 Å². The zero-order valence-corrected chi connectivity index (χ0v) is 20.6. The van der Waals surface area contributed by atoms with Gasteiger partial charge in [-0.2, -0.15) is 0 Å². The molecule has 4 atom stereocenters. The number of carbonyl (C=O) groups excluding carboxylic acids is 2. The summed E-state index contributed by atoms with van der Waals surface area (Å²) in [6, 6.07) is 6.94. The van der Waals surface area contributed by atoms with Gasteiger partial charge in [0.15, 0.2) is 0 Å². The maximum absolute atomic E-state index is 12.8. The molecule has 3 unspecified atom stereocenters. The summed E-state index contributed by atoms with van der Waals surface area (Å²) in [4.78, 5) is 43.9. The molecule has 3 aliphatic carbocycles. The Balaban J connectivity index is 0.959. The number of benzene rings is 1. The second-order valence-electron chi connectivity index (χ2n) is 11.2. The minimum Gasteiger partial charge on any atom is -0.480 e.